The van der Waals surface area contributed by atoms with Gasteiger partial charge in [-0.05, 0) is 38.8 Å². The van der Waals surface area contributed by atoms with Gasteiger partial charge in [0.1, 0.15) is 5.75 Å². The molecule has 1 saturated heterocycles. The number of pyridine rings is 1. The molecule has 1 atom stereocenters. The van der Waals surface area contributed by atoms with Gasteiger partial charge in [0.15, 0.2) is 0 Å². The van der Waals surface area contributed by atoms with Crippen LogP contribution in [-0.2, 0) is 11.3 Å². The molecule has 0 N–H and O–H groups in total. The number of aryl methyl sites for hydroxylation is 1. The molecular formula is C19H24N2O3S. The van der Waals surface area contributed by atoms with Crippen LogP contribution in [0.4, 0.5) is 0 Å². The lowest BCUT2D eigenvalue weighted by Crippen LogP contribution is -2.26. The predicted molar refractivity (Wildman–Crippen MR) is 98.3 cm³/mol. The number of nitrogens with zero attached hydrogens (tertiary/aromatic N) is 2. The van der Waals surface area contributed by atoms with Gasteiger partial charge in [0, 0.05) is 35.9 Å². The van der Waals surface area contributed by atoms with Crippen LogP contribution in [0.1, 0.15) is 50.3 Å². The van der Waals surface area contributed by atoms with E-state index >= 15 is 0 Å². The average molecular weight is 360 g/mol. The van der Waals surface area contributed by atoms with Crippen molar-refractivity contribution in [3.63, 3.8) is 0 Å². The number of methoxy groups -OCH3 is 1. The topological polar surface area (TPSA) is 51.7 Å². The van der Waals surface area contributed by atoms with Gasteiger partial charge >= 0.3 is 0 Å². The number of rotatable bonds is 5. The summed E-state index contributed by atoms with van der Waals surface area (Å²) in [5.74, 6) is 0.845. The van der Waals surface area contributed by atoms with Crippen LogP contribution >= 0.6 is 11.3 Å². The summed E-state index contributed by atoms with van der Waals surface area (Å²) < 4.78 is 11.2. The second-order valence-corrected chi connectivity index (χ2v) is 7.53. The average Bonchev–Trinajstić information content (AvgIpc) is 3.28. The van der Waals surface area contributed by atoms with E-state index in [-0.39, 0.29) is 12.0 Å². The van der Waals surface area contributed by atoms with E-state index in [9.17, 15) is 4.79 Å². The predicted octanol–water partition coefficient (Wildman–Crippen LogP) is 3.89. The Balaban J connectivity index is 1.73. The zero-order chi connectivity index (χ0) is 18.0. The molecule has 0 saturated carbocycles. The van der Waals surface area contributed by atoms with Crippen molar-refractivity contribution in [1.29, 1.82) is 0 Å². The van der Waals surface area contributed by atoms with E-state index in [1.54, 1.807) is 25.3 Å². The fourth-order valence-corrected chi connectivity index (χ4v) is 4.24. The third-order valence-corrected chi connectivity index (χ3v) is 5.73. The lowest BCUT2D eigenvalue weighted by atomic mass is 10.1. The highest BCUT2D eigenvalue weighted by Crippen LogP contribution is 2.33. The lowest BCUT2D eigenvalue weighted by molar-refractivity contribution is 0.0788. The number of carbonyl (C=O) groups is 1. The molecule has 1 unspecified atom stereocenters. The zero-order valence-corrected chi connectivity index (χ0v) is 16.0. The second-order valence-electron chi connectivity index (χ2n) is 6.41. The number of hydrogen-bond acceptors (Lipinski definition) is 5. The van der Waals surface area contributed by atoms with Gasteiger partial charge in [-0.25, -0.2) is 0 Å². The molecular weight excluding hydrogens is 336 g/mol. The summed E-state index contributed by atoms with van der Waals surface area (Å²) in [5, 5.41) is 0. The van der Waals surface area contributed by atoms with Gasteiger partial charge in [-0.15, -0.1) is 11.3 Å². The summed E-state index contributed by atoms with van der Waals surface area (Å²) in [7, 11) is 3.47. The Bertz CT molecular complexity index is 766. The Morgan fingerprint density at radius 2 is 2.24 bits per heavy atom. The first-order chi connectivity index (χ1) is 12.0. The van der Waals surface area contributed by atoms with Crippen molar-refractivity contribution in [2.24, 2.45) is 0 Å². The standard InChI is InChI=1S/C19H24N2O3S/c1-12-10-20-14(13(2)18(12)23-4)11-21(3)19(22)17-8-7-16(25-17)15-6-5-9-24-15/h7-8,10,15H,5-6,9,11H2,1-4H3. The van der Waals surface area contributed by atoms with Gasteiger partial charge in [-0.2, -0.15) is 0 Å². The van der Waals surface area contributed by atoms with E-state index in [0.717, 1.165) is 51.8 Å². The molecule has 0 aliphatic carbocycles. The Kier molecular flexibility index (Phi) is 5.39. The number of hydrogen-bond donors (Lipinski definition) is 0. The number of amides is 1. The maximum Gasteiger partial charge on any atom is 0.264 e. The summed E-state index contributed by atoms with van der Waals surface area (Å²) in [4.78, 5) is 20.8. The smallest absolute Gasteiger partial charge is 0.264 e. The molecule has 25 heavy (non-hydrogen) atoms. The van der Waals surface area contributed by atoms with E-state index in [1.165, 1.54) is 11.3 Å². The van der Waals surface area contributed by atoms with Crippen molar-refractivity contribution in [3.05, 3.63) is 44.9 Å². The highest BCUT2D eigenvalue weighted by molar-refractivity contribution is 7.14. The Morgan fingerprint density at radius 3 is 2.92 bits per heavy atom. The van der Waals surface area contributed by atoms with E-state index in [0.29, 0.717) is 6.54 Å². The van der Waals surface area contributed by atoms with Crippen LogP contribution in [0.3, 0.4) is 0 Å². The molecule has 1 fully saturated rings. The van der Waals surface area contributed by atoms with Crippen molar-refractivity contribution in [2.75, 3.05) is 20.8 Å². The summed E-state index contributed by atoms with van der Waals surface area (Å²) in [5.41, 5.74) is 2.83. The highest BCUT2D eigenvalue weighted by atomic mass is 32.1. The molecule has 2 aromatic heterocycles. The molecule has 0 bridgehead atoms. The van der Waals surface area contributed by atoms with E-state index in [2.05, 4.69) is 4.98 Å². The maximum absolute atomic E-state index is 12.7. The fraction of sp³-hybridized carbons (Fsp3) is 0.474. The molecule has 1 amide bonds. The number of ether oxygens (including phenoxy) is 2. The molecule has 134 valence electrons. The van der Waals surface area contributed by atoms with Crippen LogP contribution in [0.25, 0.3) is 0 Å². The minimum absolute atomic E-state index is 0.00925. The minimum Gasteiger partial charge on any atom is -0.496 e. The van der Waals surface area contributed by atoms with Crippen molar-refractivity contribution in [3.8, 4) is 5.75 Å². The summed E-state index contributed by atoms with van der Waals surface area (Å²) in [6.07, 6.45) is 4.07. The first-order valence-electron chi connectivity index (χ1n) is 8.47. The molecule has 0 spiro atoms. The third-order valence-electron chi connectivity index (χ3n) is 4.57. The normalized spacial score (nSPS) is 16.9. The Labute approximate surface area is 152 Å². The Hall–Kier alpha value is -1.92. The van der Waals surface area contributed by atoms with Crippen molar-refractivity contribution in [1.82, 2.24) is 9.88 Å². The molecule has 1 aliphatic rings. The lowest BCUT2D eigenvalue weighted by Gasteiger charge is -2.19. The van der Waals surface area contributed by atoms with Gasteiger partial charge in [0.05, 0.1) is 30.3 Å². The van der Waals surface area contributed by atoms with Gasteiger partial charge in [-0.3, -0.25) is 9.78 Å². The Morgan fingerprint density at radius 1 is 1.44 bits per heavy atom. The molecule has 1 aliphatic heterocycles. The SMILES string of the molecule is COc1c(C)cnc(CN(C)C(=O)c2ccc(C3CCCO3)s2)c1C. The van der Waals surface area contributed by atoms with Crippen LogP contribution in [-0.4, -0.2) is 36.6 Å². The van der Waals surface area contributed by atoms with Crippen molar-refractivity contribution < 1.29 is 14.3 Å². The maximum atomic E-state index is 12.7. The van der Waals surface area contributed by atoms with Crippen LogP contribution in [0.15, 0.2) is 18.3 Å². The van der Waals surface area contributed by atoms with Gasteiger partial charge < -0.3 is 14.4 Å². The van der Waals surface area contributed by atoms with E-state index in [4.69, 9.17) is 9.47 Å². The van der Waals surface area contributed by atoms with Crippen LogP contribution in [0, 0.1) is 13.8 Å². The van der Waals surface area contributed by atoms with E-state index < -0.39 is 0 Å². The monoisotopic (exact) mass is 360 g/mol. The summed E-state index contributed by atoms with van der Waals surface area (Å²) >= 11 is 1.53. The largest absolute Gasteiger partial charge is 0.496 e. The summed E-state index contributed by atoms with van der Waals surface area (Å²) in [6, 6.07) is 3.91. The third kappa shape index (κ3) is 3.70. The summed E-state index contributed by atoms with van der Waals surface area (Å²) in [6.45, 7) is 5.21. The quantitative estimate of drug-likeness (QED) is 0.812. The fourth-order valence-electron chi connectivity index (χ4n) is 3.16. The van der Waals surface area contributed by atoms with Gasteiger partial charge in [0.2, 0.25) is 0 Å². The molecule has 5 nitrogen and oxygen atoms in total. The second kappa shape index (κ2) is 7.54. The first-order valence-corrected chi connectivity index (χ1v) is 9.28. The van der Waals surface area contributed by atoms with Crippen LogP contribution < -0.4 is 4.74 Å². The molecule has 0 radical (unpaired) electrons. The van der Waals surface area contributed by atoms with Gasteiger partial charge in [0.25, 0.3) is 5.91 Å². The molecule has 6 heteroatoms. The van der Waals surface area contributed by atoms with Crippen molar-refractivity contribution in [2.45, 2.75) is 39.3 Å². The van der Waals surface area contributed by atoms with Crippen molar-refractivity contribution >= 4 is 17.2 Å². The van der Waals surface area contributed by atoms with Crippen LogP contribution in [0.2, 0.25) is 0 Å². The minimum atomic E-state index is 0.00925. The molecule has 3 rings (SSSR count). The van der Waals surface area contributed by atoms with Crippen LogP contribution in [0.5, 0.6) is 5.75 Å². The number of carbonyl (C=O) groups excluding carboxylic acids is 1. The van der Waals surface area contributed by atoms with Gasteiger partial charge in [-0.1, -0.05) is 0 Å². The number of thiophene rings is 1. The first kappa shape index (κ1) is 17.9. The molecule has 0 aromatic carbocycles. The molecule has 2 aromatic rings. The highest BCUT2D eigenvalue weighted by Gasteiger charge is 2.22. The number of aromatic nitrogens is 1. The zero-order valence-electron chi connectivity index (χ0n) is 15.2. The molecule has 3 heterocycles. The van der Waals surface area contributed by atoms with E-state index in [1.807, 2.05) is 26.0 Å².